The molecule has 0 bridgehead atoms. The van der Waals surface area contributed by atoms with Gasteiger partial charge in [0.2, 0.25) is 5.91 Å². The Bertz CT molecular complexity index is 497. The Labute approximate surface area is 105 Å². The SMILES string of the molecule is C[C@H](N)C(=O)N1CCCc2c(C(=O)O)cccc21. The first-order valence-electron chi connectivity index (χ1n) is 5.94. The molecule has 3 N–H and O–H groups in total. The predicted molar refractivity (Wildman–Crippen MR) is 67.7 cm³/mol. The van der Waals surface area contributed by atoms with Crippen LogP contribution in [0.3, 0.4) is 0 Å². The number of amides is 1. The van der Waals surface area contributed by atoms with Gasteiger partial charge >= 0.3 is 5.97 Å². The summed E-state index contributed by atoms with van der Waals surface area (Å²) < 4.78 is 0. The van der Waals surface area contributed by atoms with Crippen molar-refractivity contribution in [2.75, 3.05) is 11.4 Å². The largest absolute Gasteiger partial charge is 0.478 e. The zero-order valence-corrected chi connectivity index (χ0v) is 10.2. The molecule has 0 saturated carbocycles. The van der Waals surface area contributed by atoms with E-state index in [1.165, 1.54) is 0 Å². The van der Waals surface area contributed by atoms with Crippen LogP contribution in [0, 0.1) is 0 Å². The number of benzene rings is 1. The van der Waals surface area contributed by atoms with Crippen LogP contribution in [0.1, 0.15) is 29.3 Å². The molecule has 96 valence electrons. The quantitative estimate of drug-likeness (QED) is 0.818. The topological polar surface area (TPSA) is 83.6 Å². The molecule has 1 heterocycles. The van der Waals surface area contributed by atoms with Crippen LogP contribution in [-0.4, -0.2) is 29.6 Å². The highest BCUT2D eigenvalue weighted by atomic mass is 16.4. The van der Waals surface area contributed by atoms with Crippen molar-refractivity contribution in [2.24, 2.45) is 5.73 Å². The minimum absolute atomic E-state index is 0.168. The van der Waals surface area contributed by atoms with Gasteiger partial charge in [-0.15, -0.1) is 0 Å². The van der Waals surface area contributed by atoms with Gasteiger partial charge in [-0.05, 0) is 37.5 Å². The molecule has 1 aromatic carbocycles. The molecule has 1 aromatic rings. The Hall–Kier alpha value is -1.88. The number of hydrogen-bond donors (Lipinski definition) is 2. The number of fused-ring (bicyclic) bond motifs is 1. The average Bonchev–Trinajstić information content (AvgIpc) is 2.36. The molecule has 1 atom stereocenters. The number of carboxylic acids is 1. The zero-order chi connectivity index (χ0) is 13.3. The van der Waals surface area contributed by atoms with Gasteiger partial charge in [-0.3, -0.25) is 4.79 Å². The summed E-state index contributed by atoms with van der Waals surface area (Å²) in [4.78, 5) is 24.7. The average molecular weight is 248 g/mol. The molecule has 2 rings (SSSR count). The first-order chi connectivity index (χ1) is 8.52. The van der Waals surface area contributed by atoms with E-state index < -0.39 is 12.0 Å². The van der Waals surface area contributed by atoms with E-state index in [1.54, 1.807) is 30.0 Å². The third-order valence-corrected chi connectivity index (χ3v) is 3.14. The summed E-state index contributed by atoms with van der Waals surface area (Å²) in [5.74, 6) is -1.12. The van der Waals surface area contributed by atoms with Gasteiger partial charge in [-0.2, -0.15) is 0 Å². The van der Waals surface area contributed by atoms with Crippen LogP contribution >= 0.6 is 0 Å². The second kappa shape index (κ2) is 4.78. The summed E-state index contributed by atoms with van der Waals surface area (Å²) in [5, 5.41) is 9.15. The smallest absolute Gasteiger partial charge is 0.336 e. The van der Waals surface area contributed by atoms with Crippen LogP contribution in [0.2, 0.25) is 0 Å². The lowest BCUT2D eigenvalue weighted by molar-refractivity contribution is -0.119. The summed E-state index contributed by atoms with van der Waals surface area (Å²) in [7, 11) is 0. The molecule has 0 saturated heterocycles. The van der Waals surface area contributed by atoms with Crippen LogP contribution in [0.15, 0.2) is 18.2 Å². The maximum atomic E-state index is 12.0. The van der Waals surface area contributed by atoms with E-state index in [9.17, 15) is 9.59 Å². The molecule has 0 aliphatic carbocycles. The Morgan fingerprint density at radius 3 is 2.78 bits per heavy atom. The fraction of sp³-hybridized carbons (Fsp3) is 0.385. The molecular weight excluding hydrogens is 232 g/mol. The Morgan fingerprint density at radius 2 is 2.17 bits per heavy atom. The molecule has 1 aliphatic heterocycles. The number of anilines is 1. The van der Waals surface area contributed by atoms with Crippen LogP contribution in [0.25, 0.3) is 0 Å². The summed E-state index contributed by atoms with van der Waals surface area (Å²) in [6.45, 7) is 2.23. The molecule has 0 unspecified atom stereocenters. The maximum absolute atomic E-state index is 12.0. The third kappa shape index (κ3) is 2.09. The highest BCUT2D eigenvalue weighted by Gasteiger charge is 2.27. The van der Waals surface area contributed by atoms with Gasteiger partial charge in [-0.25, -0.2) is 4.79 Å². The monoisotopic (exact) mass is 248 g/mol. The number of aromatic carboxylic acids is 1. The van der Waals surface area contributed by atoms with Gasteiger partial charge in [0.05, 0.1) is 11.6 Å². The zero-order valence-electron chi connectivity index (χ0n) is 10.2. The molecular formula is C13H16N2O3. The molecule has 0 aromatic heterocycles. The molecule has 5 nitrogen and oxygen atoms in total. The van der Waals surface area contributed by atoms with Gasteiger partial charge in [-0.1, -0.05) is 6.07 Å². The minimum atomic E-state index is -0.957. The van der Waals surface area contributed by atoms with Crippen molar-refractivity contribution in [1.29, 1.82) is 0 Å². The van der Waals surface area contributed by atoms with Crippen molar-refractivity contribution < 1.29 is 14.7 Å². The van der Waals surface area contributed by atoms with E-state index in [4.69, 9.17) is 10.8 Å². The van der Waals surface area contributed by atoms with Crippen molar-refractivity contribution in [2.45, 2.75) is 25.8 Å². The summed E-state index contributed by atoms with van der Waals surface area (Å²) in [5.41, 5.74) is 7.30. The van der Waals surface area contributed by atoms with Gasteiger partial charge in [0.25, 0.3) is 0 Å². The summed E-state index contributed by atoms with van der Waals surface area (Å²) in [6, 6.07) is 4.43. The molecule has 0 fully saturated rings. The van der Waals surface area contributed by atoms with Crippen LogP contribution < -0.4 is 10.6 Å². The number of carbonyl (C=O) groups is 2. The molecule has 0 spiro atoms. The van der Waals surface area contributed by atoms with Crippen LogP contribution in [-0.2, 0) is 11.2 Å². The standard InChI is InChI=1S/C13H16N2O3/c1-8(14)12(16)15-7-3-5-9-10(13(17)18)4-2-6-11(9)15/h2,4,6,8H,3,5,7,14H2,1H3,(H,17,18)/t8-/m0/s1. The maximum Gasteiger partial charge on any atom is 0.336 e. The van der Waals surface area contributed by atoms with Gasteiger partial charge < -0.3 is 15.7 Å². The number of carboxylic acid groups (broad SMARTS) is 1. The third-order valence-electron chi connectivity index (χ3n) is 3.14. The first kappa shape index (κ1) is 12.6. The van der Waals surface area contributed by atoms with Crippen molar-refractivity contribution >= 4 is 17.6 Å². The van der Waals surface area contributed by atoms with Crippen LogP contribution in [0.5, 0.6) is 0 Å². The van der Waals surface area contributed by atoms with Crippen molar-refractivity contribution in [3.05, 3.63) is 29.3 Å². The van der Waals surface area contributed by atoms with E-state index >= 15 is 0 Å². The fourth-order valence-electron chi connectivity index (χ4n) is 2.30. The van der Waals surface area contributed by atoms with E-state index in [2.05, 4.69) is 0 Å². The summed E-state index contributed by atoms with van der Waals surface area (Å²) >= 11 is 0. The van der Waals surface area contributed by atoms with Gasteiger partial charge in [0.1, 0.15) is 0 Å². The second-order valence-electron chi connectivity index (χ2n) is 4.49. The molecule has 1 aliphatic rings. The predicted octanol–water partition coefficient (Wildman–Crippen LogP) is 1.01. The molecule has 0 radical (unpaired) electrons. The van der Waals surface area contributed by atoms with Crippen molar-refractivity contribution in [1.82, 2.24) is 0 Å². The lowest BCUT2D eigenvalue weighted by Gasteiger charge is -2.31. The van der Waals surface area contributed by atoms with E-state index in [0.717, 1.165) is 12.0 Å². The van der Waals surface area contributed by atoms with Crippen molar-refractivity contribution in [3.63, 3.8) is 0 Å². The van der Waals surface area contributed by atoms with E-state index in [1.807, 2.05) is 0 Å². The number of nitrogens with two attached hydrogens (primary N) is 1. The fourth-order valence-corrected chi connectivity index (χ4v) is 2.30. The molecule has 1 amide bonds. The number of rotatable bonds is 2. The highest BCUT2D eigenvalue weighted by molar-refractivity contribution is 6.00. The van der Waals surface area contributed by atoms with Gasteiger partial charge in [0, 0.05) is 12.2 Å². The number of nitrogens with zero attached hydrogens (tertiary/aromatic N) is 1. The molecule has 18 heavy (non-hydrogen) atoms. The van der Waals surface area contributed by atoms with Gasteiger partial charge in [0.15, 0.2) is 0 Å². The second-order valence-corrected chi connectivity index (χ2v) is 4.49. The van der Waals surface area contributed by atoms with Crippen molar-refractivity contribution in [3.8, 4) is 0 Å². The summed E-state index contributed by atoms with van der Waals surface area (Å²) in [6.07, 6.45) is 1.44. The van der Waals surface area contributed by atoms with E-state index in [-0.39, 0.29) is 11.5 Å². The number of hydrogen-bond acceptors (Lipinski definition) is 3. The lowest BCUT2D eigenvalue weighted by Crippen LogP contribution is -2.44. The Morgan fingerprint density at radius 1 is 1.44 bits per heavy atom. The first-order valence-corrected chi connectivity index (χ1v) is 5.94. The van der Waals surface area contributed by atoms with E-state index in [0.29, 0.717) is 18.7 Å². The number of carbonyl (C=O) groups excluding carboxylic acids is 1. The Balaban J connectivity index is 2.48. The van der Waals surface area contributed by atoms with Crippen LogP contribution in [0.4, 0.5) is 5.69 Å². The highest BCUT2D eigenvalue weighted by Crippen LogP contribution is 2.30. The Kier molecular flexibility index (Phi) is 3.34. The normalized spacial score (nSPS) is 16.0. The minimum Gasteiger partial charge on any atom is -0.478 e. The lowest BCUT2D eigenvalue weighted by atomic mass is 9.96. The molecule has 5 heteroatoms.